The first-order valence-corrected chi connectivity index (χ1v) is 7.42. The van der Waals surface area contributed by atoms with Crippen LogP contribution < -0.4 is 5.32 Å². The Morgan fingerprint density at radius 2 is 2.04 bits per heavy atom. The summed E-state index contributed by atoms with van der Waals surface area (Å²) in [6, 6.07) is 14.4. The van der Waals surface area contributed by atoms with E-state index in [0.717, 1.165) is 5.56 Å². The zero-order valence-electron chi connectivity index (χ0n) is 12.9. The van der Waals surface area contributed by atoms with Gasteiger partial charge < -0.3 is 10.1 Å². The van der Waals surface area contributed by atoms with Crippen molar-refractivity contribution in [2.24, 2.45) is 0 Å². The van der Waals surface area contributed by atoms with Crippen LogP contribution >= 0.6 is 0 Å². The van der Waals surface area contributed by atoms with Gasteiger partial charge in [0.15, 0.2) is 5.69 Å². The third-order valence-electron chi connectivity index (χ3n) is 3.58. The maximum Gasteiger partial charge on any atom is 0.273 e. The fraction of sp³-hybridized carbons (Fsp3) is 0.235. The quantitative estimate of drug-likeness (QED) is 0.706. The molecule has 0 spiro atoms. The van der Waals surface area contributed by atoms with E-state index in [1.54, 1.807) is 18.0 Å². The van der Waals surface area contributed by atoms with E-state index < -0.39 is 0 Å². The molecule has 23 heavy (non-hydrogen) atoms. The SMILES string of the molecule is COCCNC(=O)c1cn(Cc2cccc3ccccc23)nn1. The van der Waals surface area contributed by atoms with Crippen LogP contribution in [-0.4, -0.2) is 41.2 Å². The molecule has 1 N–H and O–H groups in total. The van der Waals surface area contributed by atoms with Crippen molar-refractivity contribution in [3.05, 3.63) is 59.9 Å². The fourth-order valence-corrected chi connectivity index (χ4v) is 2.44. The number of amides is 1. The van der Waals surface area contributed by atoms with Gasteiger partial charge in [0, 0.05) is 13.7 Å². The zero-order chi connectivity index (χ0) is 16.1. The highest BCUT2D eigenvalue weighted by Gasteiger charge is 2.10. The number of nitrogens with one attached hydrogen (secondary N) is 1. The number of aromatic nitrogens is 3. The highest BCUT2D eigenvalue weighted by molar-refractivity contribution is 5.91. The summed E-state index contributed by atoms with van der Waals surface area (Å²) in [5.74, 6) is -0.244. The average molecular weight is 310 g/mol. The van der Waals surface area contributed by atoms with Crippen LogP contribution in [0.25, 0.3) is 10.8 Å². The van der Waals surface area contributed by atoms with Gasteiger partial charge in [0.25, 0.3) is 5.91 Å². The van der Waals surface area contributed by atoms with Crippen molar-refractivity contribution in [2.75, 3.05) is 20.3 Å². The second kappa shape index (κ2) is 7.02. The summed E-state index contributed by atoms with van der Waals surface area (Å²) in [5.41, 5.74) is 1.45. The van der Waals surface area contributed by atoms with Crippen LogP contribution in [0.15, 0.2) is 48.7 Å². The van der Waals surface area contributed by atoms with E-state index in [9.17, 15) is 4.79 Å². The lowest BCUT2D eigenvalue weighted by Gasteiger charge is -2.06. The van der Waals surface area contributed by atoms with Crippen molar-refractivity contribution in [3.8, 4) is 0 Å². The number of carbonyl (C=O) groups excluding carboxylic acids is 1. The molecule has 1 aromatic heterocycles. The first-order valence-electron chi connectivity index (χ1n) is 7.42. The first-order chi connectivity index (χ1) is 11.3. The smallest absolute Gasteiger partial charge is 0.273 e. The Hall–Kier alpha value is -2.73. The molecular formula is C17H18N4O2. The average Bonchev–Trinajstić information content (AvgIpc) is 3.04. The standard InChI is InChI=1S/C17H18N4O2/c1-23-10-9-18-17(22)16-12-21(20-19-16)11-14-7-4-6-13-5-2-3-8-15(13)14/h2-8,12H,9-11H2,1H3,(H,18,22). The summed E-state index contributed by atoms with van der Waals surface area (Å²) >= 11 is 0. The first kappa shape index (κ1) is 15.2. The van der Waals surface area contributed by atoms with Crippen LogP contribution in [-0.2, 0) is 11.3 Å². The second-order valence-corrected chi connectivity index (χ2v) is 5.19. The molecule has 6 nitrogen and oxygen atoms in total. The van der Waals surface area contributed by atoms with Crippen LogP contribution in [0.5, 0.6) is 0 Å². The Morgan fingerprint density at radius 3 is 2.91 bits per heavy atom. The lowest BCUT2D eigenvalue weighted by molar-refractivity contribution is 0.0932. The van der Waals surface area contributed by atoms with Crippen LogP contribution in [0.1, 0.15) is 16.1 Å². The Bertz CT molecular complexity index is 808. The van der Waals surface area contributed by atoms with E-state index >= 15 is 0 Å². The molecule has 0 bridgehead atoms. The number of carbonyl (C=O) groups is 1. The van der Waals surface area contributed by atoms with Gasteiger partial charge in [0.05, 0.1) is 19.3 Å². The lowest BCUT2D eigenvalue weighted by Crippen LogP contribution is -2.27. The molecule has 0 fully saturated rings. The van der Waals surface area contributed by atoms with Gasteiger partial charge in [-0.25, -0.2) is 4.68 Å². The number of hydrogen-bond donors (Lipinski definition) is 1. The van der Waals surface area contributed by atoms with Gasteiger partial charge in [-0.2, -0.15) is 0 Å². The van der Waals surface area contributed by atoms with Crippen molar-refractivity contribution in [1.29, 1.82) is 0 Å². The van der Waals surface area contributed by atoms with Crippen molar-refractivity contribution >= 4 is 16.7 Å². The minimum absolute atomic E-state index is 0.244. The summed E-state index contributed by atoms with van der Waals surface area (Å²) < 4.78 is 6.57. The second-order valence-electron chi connectivity index (χ2n) is 5.19. The van der Waals surface area contributed by atoms with Crippen molar-refractivity contribution in [2.45, 2.75) is 6.54 Å². The predicted molar refractivity (Wildman–Crippen MR) is 87.3 cm³/mol. The number of nitrogens with zero attached hydrogens (tertiary/aromatic N) is 3. The van der Waals surface area contributed by atoms with Gasteiger partial charge in [-0.05, 0) is 16.3 Å². The minimum Gasteiger partial charge on any atom is -0.383 e. The largest absolute Gasteiger partial charge is 0.383 e. The van der Waals surface area contributed by atoms with E-state index in [0.29, 0.717) is 25.4 Å². The molecule has 2 aromatic carbocycles. The van der Waals surface area contributed by atoms with Gasteiger partial charge in [-0.3, -0.25) is 4.79 Å². The molecule has 0 saturated carbocycles. The molecule has 0 atom stereocenters. The van der Waals surface area contributed by atoms with Crippen molar-refractivity contribution < 1.29 is 9.53 Å². The molecule has 118 valence electrons. The molecule has 0 aliphatic carbocycles. The summed E-state index contributed by atoms with van der Waals surface area (Å²) in [4.78, 5) is 11.9. The summed E-state index contributed by atoms with van der Waals surface area (Å²) in [5, 5.41) is 13.1. The maximum absolute atomic E-state index is 11.9. The Morgan fingerprint density at radius 1 is 1.22 bits per heavy atom. The van der Waals surface area contributed by atoms with Crippen LogP contribution in [0.2, 0.25) is 0 Å². The number of ether oxygens (including phenoxy) is 1. The van der Waals surface area contributed by atoms with E-state index in [1.807, 2.05) is 18.2 Å². The normalized spacial score (nSPS) is 10.8. The molecular weight excluding hydrogens is 292 g/mol. The van der Waals surface area contributed by atoms with E-state index in [-0.39, 0.29) is 5.91 Å². The topological polar surface area (TPSA) is 69.0 Å². The molecule has 0 radical (unpaired) electrons. The Kier molecular flexibility index (Phi) is 4.63. The zero-order valence-corrected chi connectivity index (χ0v) is 12.9. The highest BCUT2D eigenvalue weighted by atomic mass is 16.5. The molecule has 3 aromatic rings. The number of methoxy groups -OCH3 is 1. The maximum atomic E-state index is 11.9. The third kappa shape index (κ3) is 3.54. The number of hydrogen-bond acceptors (Lipinski definition) is 4. The van der Waals surface area contributed by atoms with Crippen LogP contribution in [0.4, 0.5) is 0 Å². The summed E-state index contributed by atoms with van der Waals surface area (Å²) in [6.45, 7) is 1.49. The molecule has 0 aliphatic heterocycles. The summed E-state index contributed by atoms with van der Waals surface area (Å²) in [6.07, 6.45) is 1.66. The Balaban J connectivity index is 1.74. The van der Waals surface area contributed by atoms with Crippen molar-refractivity contribution in [3.63, 3.8) is 0 Å². The monoisotopic (exact) mass is 310 g/mol. The molecule has 3 rings (SSSR count). The van der Waals surface area contributed by atoms with E-state index in [4.69, 9.17) is 4.74 Å². The molecule has 1 heterocycles. The molecule has 1 amide bonds. The predicted octanol–water partition coefficient (Wildman–Crippen LogP) is 1.86. The number of benzene rings is 2. The van der Waals surface area contributed by atoms with Gasteiger partial charge >= 0.3 is 0 Å². The number of rotatable bonds is 6. The lowest BCUT2D eigenvalue weighted by atomic mass is 10.0. The van der Waals surface area contributed by atoms with Gasteiger partial charge in [-0.15, -0.1) is 5.10 Å². The van der Waals surface area contributed by atoms with Gasteiger partial charge in [-0.1, -0.05) is 47.7 Å². The third-order valence-corrected chi connectivity index (χ3v) is 3.58. The van der Waals surface area contributed by atoms with Crippen LogP contribution in [0, 0.1) is 0 Å². The highest BCUT2D eigenvalue weighted by Crippen LogP contribution is 2.19. The van der Waals surface area contributed by atoms with Gasteiger partial charge in [0.2, 0.25) is 0 Å². The van der Waals surface area contributed by atoms with Crippen LogP contribution in [0.3, 0.4) is 0 Å². The van der Waals surface area contributed by atoms with Gasteiger partial charge in [0.1, 0.15) is 0 Å². The molecule has 6 heteroatoms. The Labute approximate surface area is 134 Å². The van der Waals surface area contributed by atoms with E-state index in [1.165, 1.54) is 10.8 Å². The molecule has 0 saturated heterocycles. The van der Waals surface area contributed by atoms with Crippen molar-refractivity contribution in [1.82, 2.24) is 20.3 Å². The molecule has 0 aliphatic rings. The summed E-state index contributed by atoms with van der Waals surface area (Å²) in [7, 11) is 1.59. The molecule has 0 unspecified atom stereocenters. The minimum atomic E-state index is -0.244. The number of fused-ring (bicyclic) bond motifs is 1. The fourth-order valence-electron chi connectivity index (χ4n) is 2.44. The van der Waals surface area contributed by atoms with E-state index in [2.05, 4.69) is 39.9 Å².